The Bertz CT molecular complexity index is 305. The van der Waals surface area contributed by atoms with Crippen LogP contribution in [0.1, 0.15) is 41.0 Å². The zero-order chi connectivity index (χ0) is 15.1. The molecule has 0 heterocycles. The Morgan fingerprint density at radius 2 is 1.63 bits per heavy atom. The molecule has 0 amide bonds. The summed E-state index contributed by atoms with van der Waals surface area (Å²) in [7, 11) is 0. The summed E-state index contributed by atoms with van der Waals surface area (Å²) < 4.78 is 16.1. The fraction of sp³-hybridized carbons (Fsp3) is 0.786. The maximum absolute atomic E-state index is 11.0. The lowest BCUT2D eigenvalue weighted by molar-refractivity contribution is -0.143. The molecule has 0 aliphatic heterocycles. The Morgan fingerprint density at radius 1 is 1.05 bits per heavy atom. The van der Waals surface area contributed by atoms with Crippen molar-refractivity contribution in [3.05, 3.63) is 12.3 Å². The Hall–Kier alpha value is -1.07. The maximum atomic E-state index is 11.0. The van der Waals surface area contributed by atoms with Crippen LogP contribution in [-0.2, 0) is 19.0 Å². The molecule has 0 saturated carbocycles. The van der Waals surface area contributed by atoms with Crippen molar-refractivity contribution >= 4 is 5.97 Å². The summed E-state index contributed by atoms with van der Waals surface area (Å²) in [5.41, 5.74) is 4.62. The Morgan fingerprint density at radius 3 is 2.11 bits per heavy atom. The molecule has 0 rings (SSSR count). The van der Waals surface area contributed by atoms with Gasteiger partial charge in [-0.25, -0.2) is 4.79 Å². The van der Waals surface area contributed by atoms with E-state index in [-0.39, 0.29) is 23.5 Å². The van der Waals surface area contributed by atoms with Crippen LogP contribution < -0.4 is 5.73 Å². The highest BCUT2D eigenvalue weighted by molar-refractivity contribution is 5.86. The number of rotatable bonds is 8. The van der Waals surface area contributed by atoms with Gasteiger partial charge in [-0.15, -0.1) is 0 Å². The first-order valence-electron chi connectivity index (χ1n) is 6.43. The van der Waals surface area contributed by atoms with Crippen LogP contribution in [0, 0.1) is 0 Å². The summed E-state index contributed by atoms with van der Waals surface area (Å²) in [5.74, 6) is -0.600. The first kappa shape index (κ1) is 17.9. The van der Waals surface area contributed by atoms with E-state index in [2.05, 4.69) is 6.58 Å². The molecule has 0 fully saturated rings. The van der Waals surface area contributed by atoms with Gasteiger partial charge in [-0.3, -0.25) is 0 Å². The van der Waals surface area contributed by atoms with Gasteiger partial charge < -0.3 is 19.9 Å². The van der Waals surface area contributed by atoms with Crippen molar-refractivity contribution in [1.29, 1.82) is 0 Å². The van der Waals surface area contributed by atoms with Crippen LogP contribution in [0.2, 0.25) is 0 Å². The summed E-state index contributed by atoms with van der Waals surface area (Å²) in [4.78, 5) is 11.0. The summed E-state index contributed by atoms with van der Waals surface area (Å²) in [6.45, 7) is 14.4. The van der Waals surface area contributed by atoms with E-state index in [9.17, 15) is 4.79 Å². The lowest BCUT2D eigenvalue weighted by Crippen LogP contribution is -2.30. The van der Waals surface area contributed by atoms with E-state index in [4.69, 9.17) is 19.9 Å². The second kappa shape index (κ2) is 7.50. The van der Waals surface area contributed by atoms with Gasteiger partial charge in [-0.2, -0.15) is 0 Å². The highest BCUT2D eigenvalue weighted by Gasteiger charge is 2.20. The first-order valence-corrected chi connectivity index (χ1v) is 6.43. The lowest BCUT2D eigenvalue weighted by Gasteiger charge is -2.27. The molecule has 0 aliphatic rings. The minimum Gasteiger partial charge on any atom is -0.459 e. The molecular weight excluding hydrogens is 246 g/mol. The molecule has 0 aromatic carbocycles. The average Bonchev–Trinajstić information content (AvgIpc) is 2.21. The minimum atomic E-state index is -0.600. The molecular formula is C14H27NO4. The number of esters is 1. The van der Waals surface area contributed by atoms with Crippen LogP contribution in [0.3, 0.4) is 0 Å². The highest BCUT2D eigenvalue weighted by Crippen LogP contribution is 2.16. The SMILES string of the molecule is C=C(N)C(=O)OCCOC(C)(C)CCOC(C)(C)C. The normalized spacial score (nSPS) is 12.3. The number of carbonyl (C=O) groups excluding carboxylic acids is 1. The lowest BCUT2D eigenvalue weighted by atomic mass is 10.1. The molecule has 0 atom stereocenters. The summed E-state index contributed by atoms with van der Waals surface area (Å²) in [6, 6.07) is 0. The van der Waals surface area contributed by atoms with Crippen molar-refractivity contribution in [2.24, 2.45) is 5.73 Å². The fourth-order valence-corrected chi connectivity index (χ4v) is 1.22. The van der Waals surface area contributed by atoms with Crippen molar-refractivity contribution in [3.8, 4) is 0 Å². The van der Waals surface area contributed by atoms with Crippen LogP contribution in [0.5, 0.6) is 0 Å². The monoisotopic (exact) mass is 273 g/mol. The molecule has 2 N–H and O–H groups in total. The summed E-state index contributed by atoms with van der Waals surface area (Å²) in [6.07, 6.45) is 0.766. The molecule has 0 aliphatic carbocycles. The van der Waals surface area contributed by atoms with Gasteiger partial charge in [0.25, 0.3) is 0 Å². The van der Waals surface area contributed by atoms with Crippen molar-refractivity contribution < 1.29 is 19.0 Å². The van der Waals surface area contributed by atoms with E-state index in [1.54, 1.807) is 0 Å². The van der Waals surface area contributed by atoms with E-state index in [1.165, 1.54) is 0 Å². The number of nitrogens with two attached hydrogens (primary N) is 1. The first-order chi connectivity index (χ1) is 8.53. The number of carbonyl (C=O) groups is 1. The van der Waals surface area contributed by atoms with Crippen LogP contribution >= 0.6 is 0 Å². The molecule has 0 radical (unpaired) electrons. The van der Waals surface area contributed by atoms with Crippen LogP contribution in [0.4, 0.5) is 0 Å². The van der Waals surface area contributed by atoms with Gasteiger partial charge >= 0.3 is 5.97 Å². The summed E-state index contributed by atoms with van der Waals surface area (Å²) in [5, 5.41) is 0. The highest BCUT2D eigenvalue weighted by atomic mass is 16.6. The zero-order valence-corrected chi connectivity index (χ0v) is 12.7. The van der Waals surface area contributed by atoms with Gasteiger partial charge in [-0.1, -0.05) is 6.58 Å². The molecule has 0 bridgehead atoms. The third-order valence-electron chi connectivity index (χ3n) is 2.31. The Labute approximate surface area is 116 Å². The van der Waals surface area contributed by atoms with Crippen LogP contribution in [-0.4, -0.2) is 37.0 Å². The standard InChI is InChI=1S/C14H27NO4/c1-11(15)12(16)17-9-10-19-14(5,6)7-8-18-13(2,3)4/h1,7-10,15H2,2-6H3. The average molecular weight is 273 g/mol. The van der Waals surface area contributed by atoms with Gasteiger partial charge in [0.05, 0.1) is 17.8 Å². The molecule has 0 spiro atoms. The zero-order valence-electron chi connectivity index (χ0n) is 12.7. The van der Waals surface area contributed by atoms with Crippen LogP contribution in [0.15, 0.2) is 12.3 Å². The third-order valence-corrected chi connectivity index (χ3v) is 2.31. The van der Waals surface area contributed by atoms with Crippen molar-refractivity contribution in [2.45, 2.75) is 52.2 Å². The molecule has 0 saturated heterocycles. The van der Waals surface area contributed by atoms with E-state index in [0.29, 0.717) is 13.2 Å². The van der Waals surface area contributed by atoms with Crippen molar-refractivity contribution in [2.75, 3.05) is 19.8 Å². The predicted molar refractivity (Wildman–Crippen MR) is 74.6 cm³/mol. The van der Waals surface area contributed by atoms with Gasteiger partial charge in [0.15, 0.2) is 0 Å². The van der Waals surface area contributed by atoms with E-state index < -0.39 is 5.97 Å². The van der Waals surface area contributed by atoms with Gasteiger partial charge in [0.1, 0.15) is 12.3 Å². The van der Waals surface area contributed by atoms with Crippen molar-refractivity contribution in [3.63, 3.8) is 0 Å². The third kappa shape index (κ3) is 10.5. The van der Waals surface area contributed by atoms with Gasteiger partial charge in [-0.05, 0) is 41.0 Å². The largest absolute Gasteiger partial charge is 0.459 e. The molecule has 5 heteroatoms. The number of ether oxygens (including phenoxy) is 3. The Balaban J connectivity index is 3.79. The van der Waals surface area contributed by atoms with E-state index in [0.717, 1.165) is 6.42 Å². The van der Waals surface area contributed by atoms with Gasteiger partial charge in [0.2, 0.25) is 0 Å². The minimum absolute atomic E-state index is 0.0992. The second-order valence-electron chi connectivity index (χ2n) is 5.98. The topological polar surface area (TPSA) is 70.8 Å². The van der Waals surface area contributed by atoms with Gasteiger partial charge in [0, 0.05) is 6.61 Å². The smallest absolute Gasteiger partial charge is 0.353 e. The fourth-order valence-electron chi connectivity index (χ4n) is 1.22. The molecule has 0 aromatic rings. The molecule has 112 valence electrons. The molecule has 0 unspecified atom stereocenters. The number of hydrogen-bond donors (Lipinski definition) is 1. The number of hydrogen-bond acceptors (Lipinski definition) is 5. The predicted octanol–water partition coefficient (Wildman–Crippen LogP) is 2.00. The second-order valence-corrected chi connectivity index (χ2v) is 5.98. The molecule has 19 heavy (non-hydrogen) atoms. The van der Waals surface area contributed by atoms with E-state index in [1.807, 2.05) is 34.6 Å². The summed E-state index contributed by atoms with van der Waals surface area (Å²) >= 11 is 0. The Kier molecular flexibility index (Phi) is 7.08. The van der Waals surface area contributed by atoms with E-state index >= 15 is 0 Å². The quantitative estimate of drug-likeness (QED) is 0.416. The van der Waals surface area contributed by atoms with Crippen LogP contribution in [0.25, 0.3) is 0 Å². The molecule has 0 aromatic heterocycles. The molecule has 5 nitrogen and oxygen atoms in total. The van der Waals surface area contributed by atoms with Crippen molar-refractivity contribution in [1.82, 2.24) is 0 Å². The maximum Gasteiger partial charge on any atom is 0.353 e.